The quantitative estimate of drug-likeness (QED) is 0.495. The lowest BCUT2D eigenvalue weighted by Crippen LogP contribution is -1.83. The summed E-state index contributed by atoms with van der Waals surface area (Å²) in [5, 5.41) is 2.48. The first-order chi connectivity index (χ1) is 9.84. The van der Waals surface area contributed by atoms with Gasteiger partial charge in [-0.05, 0) is 23.8 Å². The second-order valence-corrected chi connectivity index (χ2v) is 5.05. The largest absolute Gasteiger partial charge is 0.350 e. The van der Waals surface area contributed by atoms with Crippen molar-refractivity contribution in [3.63, 3.8) is 0 Å². The number of pyridine rings is 1. The molecule has 4 rings (SSSR count). The smallest absolute Gasteiger partial charge is 0.0708 e. The predicted octanol–water partition coefficient (Wildman–Crippen LogP) is 4.39. The summed E-state index contributed by atoms with van der Waals surface area (Å²) >= 11 is 0. The van der Waals surface area contributed by atoms with Crippen LogP contribution in [0, 0.1) is 0 Å². The number of aromatic nitrogens is 2. The van der Waals surface area contributed by atoms with Crippen LogP contribution in [-0.4, -0.2) is 9.55 Å². The van der Waals surface area contributed by atoms with Crippen LogP contribution in [-0.2, 0) is 7.05 Å². The molecular weight excluding hydrogens is 244 g/mol. The number of fused-ring (bicyclic) bond motifs is 2. The maximum Gasteiger partial charge on any atom is 0.0708 e. The number of aryl methyl sites for hydroxylation is 1. The molecule has 0 N–H and O–H groups in total. The second-order valence-electron chi connectivity index (χ2n) is 5.05. The number of rotatable bonds is 1. The first-order valence-corrected chi connectivity index (χ1v) is 6.73. The minimum absolute atomic E-state index is 1.04. The molecule has 0 aliphatic rings. The van der Waals surface area contributed by atoms with Crippen LogP contribution in [0.4, 0.5) is 0 Å². The Morgan fingerprint density at radius 3 is 2.45 bits per heavy atom. The summed E-state index contributed by atoms with van der Waals surface area (Å²) in [4.78, 5) is 4.45. The molecule has 96 valence electrons. The average molecular weight is 258 g/mol. The average Bonchev–Trinajstić information content (AvgIpc) is 2.84. The number of hydrogen-bond donors (Lipinski definition) is 0. The van der Waals surface area contributed by atoms with Gasteiger partial charge in [-0.2, -0.15) is 0 Å². The van der Waals surface area contributed by atoms with Crippen LogP contribution in [0.5, 0.6) is 0 Å². The van der Waals surface area contributed by atoms with Crippen LogP contribution in [0.3, 0.4) is 0 Å². The summed E-state index contributed by atoms with van der Waals surface area (Å²) < 4.78 is 2.18. The Hall–Kier alpha value is -2.61. The van der Waals surface area contributed by atoms with Gasteiger partial charge >= 0.3 is 0 Å². The van der Waals surface area contributed by atoms with Gasteiger partial charge in [-0.1, -0.05) is 36.4 Å². The molecule has 2 aromatic carbocycles. The molecule has 20 heavy (non-hydrogen) atoms. The Morgan fingerprint density at radius 2 is 1.55 bits per heavy atom. The van der Waals surface area contributed by atoms with Crippen molar-refractivity contribution in [3.05, 3.63) is 67.0 Å². The summed E-state index contributed by atoms with van der Waals surface area (Å²) in [6, 6.07) is 18.9. The van der Waals surface area contributed by atoms with E-state index >= 15 is 0 Å². The molecule has 0 aliphatic heterocycles. The van der Waals surface area contributed by atoms with Crippen molar-refractivity contribution in [1.29, 1.82) is 0 Å². The van der Waals surface area contributed by atoms with Crippen molar-refractivity contribution < 1.29 is 0 Å². The molecule has 0 radical (unpaired) electrons. The van der Waals surface area contributed by atoms with E-state index in [4.69, 9.17) is 0 Å². The summed E-state index contributed by atoms with van der Waals surface area (Å²) in [5.41, 5.74) is 4.80. The van der Waals surface area contributed by atoms with Crippen molar-refractivity contribution in [2.45, 2.75) is 0 Å². The lowest BCUT2D eigenvalue weighted by molar-refractivity contribution is 0.970. The fraction of sp³-hybridized carbons (Fsp3) is 0.0556. The third kappa shape index (κ3) is 1.55. The summed E-state index contributed by atoms with van der Waals surface area (Å²) in [5.74, 6) is 0. The van der Waals surface area contributed by atoms with Crippen LogP contribution >= 0.6 is 0 Å². The summed E-state index contributed by atoms with van der Waals surface area (Å²) in [6.07, 6.45) is 4.09. The van der Waals surface area contributed by atoms with Gasteiger partial charge in [0.2, 0.25) is 0 Å². The van der Waals surface area contributed by atoms with Gasteiger partial charge in [0.25, 0.3) is 0 Å². The third-order valence-electron chi connectivity index (χ3n) is 3.84. The maximum atomic E-state index is 4.45. The Labute approximate surface area is 117 Å². The molecule has 0 bridgehead atoms. The minimum atomic E-state index is 1.04. The normalized spacial score (nSPS) is 11.2. The minimum Gasteiger partial charge on any atom is -0.350 e. The number of nitrogens with zero attached hydrogens (tertiary/aromatic N) is 2. The van der Waals surface area contributed by atoms with Gasteiger partial charge in [0.15, 0.2) is 0 Å². The van der Waals surface area contributed by atoms with Crippen molar-refractivity contribution in [3.8, 4) is 11.1 Å². The fourth-order valence-corrected chi connectivity index (χ4v) is 2.89. The molecule has 0 amide bonds. The molecule has 4 aromatic rings. The lowest BCUT2D eigenvalue weighted by atomic mass is 10.0. The highest BCUT2D eigenvalue weighted by Gasteiger charge is 2.10. The lowest BCUT2D eigenvalue weighted by Gasteiger charge is -2.04. The molecular formula is C18H14N2. The number of hydrogen-bond acceptors (Lipinski definition) is 1. The molecule has 2 nitrogen and oxygen atoms in total. The topological polar surface area (TPSA) is 17.8 Å². The van der Waals surface area contributed by atoms with E-state index in [1.807, 2.05) is 12.3 Å². The Morgan fingerprint density at radius 1 is 0.800 bits per heavy atom. The van der Waals surface area contributed by atoms with Gasteiger partial charge in [-0.3, -0.25) is 4.98 Å². The van der Waals surface area contributed by atoms with E-state index in [0.717, 1.165) is 5.52 Å². The highest BCUT2D eigenvalue weighted by Crippen LogP contribution is 2.33. The van der Waals surface area contributed by atoms with E-state index in [-0.39, 0.29) is 0 Å². The van der Waals surface area contributed by atoms with E-state index in [0.29, 0.717) is 0 Å². The van der Waals surface area contributed by atoms with Gasteiger partial charge in [0.1, 0.15) is 0 Å². The van der Waals surface area contributed by atoms with Crippen molar-refractivity contribution in [2.24, 2.45) is 7.05 Å². The Balaban J connectivity index is 2.12. The summed E-state index contributed by atoms with van der Waals surface area (Å²) in [6.45, 7) is 0. The fourth-order valence-electron chi connectivity index (χ4n) is 2.89. The molecule has 0 atom stereocenters. The molecule has 0 saturated carbocycles. The molecule has 0 spiro atoms. The van der Waals surface area contributed by atoms with E-state index in [1.165, 1.54) is 27.4 Å². The van der Waals surface area contributed by atoms with E-state index < -0.39 is 0 Å². The monoisotopic (exact) mass is 258 g/mol. The zero-order valence-corrected chi connectivity index (χ0v) is 11.2. The Bertz CT molecular complexity index is 914. The van der Waals surface area contributed by atoms with Crippen LogP contribution in [0.2, 0.25) is 0 Å². The highest BCUT2D eigenvalue weighted by molar-refractivity contribution is 6.04. The Kier molecular flexibility index (Phi) is 2.36. The zero-order chi connectivity index (χ0) is 13.5. The highest BCUT2D eigenvalue weighted by atomic mass is 14.9. The summed E-state index contributed by atoms with van der Waals surface area (Å²) in [7, 11) is 2.09. The van der Waals surface area contributed by atoms with Crippen LogP contribution in [0.1, 0.15) is 0 Å². The van der Waals surface area contributed by atoms with Crippen LogP contribution in [0.25, 0.3) is 32.9 Å². The van der Waals surface area contributed by atoms with Crippen LogP contribution < -0.4 is 0 Å². The first-order valence-electron chi connectivity index (χ1n) is 6.73. The zero-order valence-electron chi connectivity index (χ0n) is 11.2. The molecule has 0 aliphatic carbocycles. The van der Waals surface area contributed by atoms with Gasteiger partial charge in [-0.25, -0.2) is 0 Å². The molecule has 2 aromatic heterocycles. The number of benzene rings is 2. The molecule has 0 fully saturated rings. The second kappa shape index (κ2) is 4.20. The maximum absolute atomic E-state index is 4.45. The van der Waals surface area contributed by atoms with Gasteiger partial charge in [-0.15, -0.1) is 0 Å². The van der Waals surface area contributed by atoms with Crippen LogP contribution in [0.15, 0.2) is 67.0 Å². The van der Waals surface area contributed by atoms with Crippen molar-refractivity contribution in [2.75, 3.05) is 0 Å². The van der Waals surface area contributed by atoms with Crippen molar-refractivity contribution in [1.82, 2.24) is 9.55 Å². The molecule has 2 heteroatoms. The van der Waals surface area contributed by atoms with Gasteiger partial charge in [0.05, 0.1) is 5.52 Å². The molecule has 0 saturated heterocycles. The SMILES string of the molecule is Cn1cc(-c2ccnc3ccccc23)c2ccccc21. The third-order valence-corrected chi connectivity index (χ3v) is 3.84. The number of para-hydroxylation sites is 2. The van der Waals surface area contributed by atoms with Gasteiger partial charge < -0.3 is 4.57 Å². The standard InChI is InChI=1S/C18H14N2/c1-20-12-16(15-7-3-5-9-18(15)20)13-10-11-19-17-8-4-2-6-14(13)17/h2-12H,1H3. The van der Waals surface area contributed by atoms with E-state index in [2.05, 4.69) is 71.3 Å². The molecule has 0 unspecified atom stereocenters. The van der Waals surface area contributed by atoms with E-state index in [1.54, 1.807) is 0 Å². The molecule has 2 heterocycles. The first kappa shape index (κ1) is 11.2. The van der Waals surface area contributed by atoms with Gasteiger partial charge in [0, 0.05) is 41.3 Å². The van der Waals surface area contributed by atoms with Crippen molar-refractivity contribution >= 4 is 21.8 Å². The predicted molar refractivity (Wildman–Crippen MR) is 83.7 cm³/mol. The van der Waals surface area contributed by atoms with E-state index in [9.17, 15) is 0 Å².